The summed E-state index contributed by atoms with van der Waals surface area (Å²) >= 11 is 1.51. The van der Waals surface area contributed by atoms with E-state index in [1.54, 1.807) is 6.92 Å². The molecule has 6 heteroatoms. The maximum Gasteiger partial charge on any atom is 0.358 e. The quantitative estimate of drug-likeness (QED) is 0.846. The summed E-state index contributed by atoms with van der Waals surface area (Å²) in [6, 6.07) is 0.322. The predicted octanol–water partition coefficient (Wildman–Crippen LogP) is 2.61. The molecule has 3 rings (SSSR count). The molecule has 1 aromatic rings. The van der Waals surface area contributed by atoms with E-state index in [2.05, 4.69) is 10.3 Å². The van der Waals surface area contributed by atoms with Crippen LogP contribution in [-0.4, -0.2) is 36.3 Å². The molecule has 110 valence electrons. The van der Waals surface area contributed by atoms with Gasteiger partial charge in [-0.05, 0) is 39.0 Å². The minimum atomic E-state index is -0.337. The normalized spacial score (nSPS) is 25.7. The third-order valence-corrected chi connectivity index (χ3v) is 4.70. The highest BCUT2D eigenvalue weighted by molar-refractivity contribution is 7.15. The van der Waals surface area contributed by atoms with Crippen LogP contribution in [0.15, 0.2) is 0 Å². The predicted molar refractivity (Wildman–Crippen MR) is 77.3 cm³/mol. The number of esters is 1. The van der Waals surface area contributed by atoms with Crippen LogP contribution < -0.4 is 5.32 Å². The van der Waals surface area contributed by atoms with Gasteiger partial charge in [0.1, 0.15) is 0 Å². The van der Waals surface area contributed by atoms with Gasteiger partial charge in [0.2, 0.25) is 0 Å². The first-order valence-electron chi connectivity index (χ1n) is 7.21. The molecule has 2 aliphatic rings. The highest BCUT2D eigenvalue weighted by Gasteiger charge is 2.41. The van der Waals surface area contributed by atoms with Gasteiger partial charge in [-0.3, -0.25) is 0 Å². The van der Waals surface area contributed by atoms with Crippen LogP contribution in [0.2, 0.25) is 0 Å². The van der Waals surface area contributed by atoms with Gasteiger partial charge in [0, 0.05) is 11.5 Å². The summed E-state index contributed by atoms with van der Waals surface area (Å²) in [4.78, 5) is 17.0. The molecule has 2 atom stereocenters. The number of aryl methyl sites for hydroxylation is 1. The molecule has 0 aromatic carbocycles. The van der Waals surface area contributed by atoms with Crippen molar-refractivity contribution in [3.05, 3.63) is 10.6 Å². The number of thiazole rings is 1. The summed E-state index contributed by atoms with van der Waals surface area (Å²) in [7, 11) is 0. The van der Waals surface area contributed by atoms with Crippen molar-refractivity contribution in [1.29, 1.82) is 0 Å². The van der Waals surface area contributed by atoms with Crippen molar-refractivity contribution >= 4 is 22.4 Å². The third-order valence-electron chi connectivity index (χ3n) is 3.80. The fourth-order valence-electron chi connectivity index (χ4n) is 2.66. The van der Waals surface area contributed by atoms with Crippen molar-refractivity contribution < 1.29 is 14.3 Å². The molecule has 0 spiro atoms. The Balaban J connectivity index is 1.68. The molecule has 0 radical (unpaired) electrons. The first-order valence-corrected chi connectivity index (χ1v) is 8.03. The molecule has 1 aliphatic carbocycles. The van der Waals surface area contributed by atoms with E-state index >= 15 is 0 Å². The summed E-state index contributed by atoms with van der Waals surface area (Å²) in [5, 5.41) is 4.24. The number of nitrogens with zero attached hydrogens (tertiary/aromatic N) is 1. The summed E-state index contributed by atoms with van der Waals surface area (Å²) in [5.74, 6) is 0.372. The Labute approximate surface area is 122 Å². The number of rotatable bonds is 5. The van der Waals surface area contributed by atoms with Crippen molar-refractivity contribution in [2.45, 2.75) is 45.3 Å². The fourth-order valence-corrected chi connectivity index (χ4v) is 3.52. The summed E-state index contributed by atoms with van der Waals surface area (Å²) in [6.45, 7) is 4.89. The van der Waals surface area contributed by atoms with Gasteiger partial charge in [-0.1, -0.05) is 0 Å². The zero-order valence-electron chi connectivity index (χ0n) is 11.8. The van der Waals surface area contributed by atoms with E-state index in [1.165, 1.54) is 24.2 Å². The third kappa shape index (κ3) is 2.81. The van der Waals surface area contributed by atoms with Crippen molar-refractivity contribution in [2.24, 2.45) is 5.92 Å². The molecular weight excluding hydrogens is 276 g/mol. The number of hydrogen-bond donors (Lipinski definition) is 1. The number of anilines is 1. The monoisotopic (exact) mass is 296 g/mol. The second kappa shape index (κ2) is 5.69. The number of carbonyl (C=O) groups is 1. The highest BCUT2D eigenvalue weighted by atomic mass is 32.1. The van der Waals surface area contributed by atoms with Crippen LogP contribution in [0.25, 0.3) is 0 Å². The zero-order valence-corrected chi connectivity index (χ0v) is 12.7. The molecular formula is C14H20N2O3S. The molecule has 1 saturated carbocycles. The minimum absolute atomic E-state index is 0.310. The first-order chi connectivity index (χ1) is 9.69. The number of carbonyl (C=O) groups excluding carboxylic acids is 1. The molecule has 2 heterocycles. The minimum Gasteiger partial charge on any atom is -0.461 e. The van der Waals surface area contributed by atoms with E-state index in [4.69, 9.17) is 9.47 Å². The number of hydrogen-bond acceptors (Lipinski definition) is 6. The molecule has 2 unspecified atom stereocenters. The second-order valence-corrected chi connectivity index (χ2v) is 6.56. The van der Waals surface area contributed by atoms with E-state index in [9.17, 15) is 4.79 Å². The number of ether oxygens (including phenoxy) is 2. The van der Waals surface area contributed by atoms with Crippen molar-refractivity contribution in [3.8, 4) is 0 Å². The van der Waals surface area contributed by atoms with Crippen molar-refractivity contribution in [3.63, 3.8) is 0 Å². The smallest absolute Gasteiger partial charge is 0.358 e. The number of nitrogens with one attached hydrogen (secondary N) is 1. The van der Waals surface area contributed by atoms with E-state index < -0.39 is 0 Å². The zero-order chi connectivity index (χ0) is 14.1. The molecule has 0 amide bonds. The summed E-state index contributed by atoms with van der Waals surface area (Å²) in [6.07, 6.45) is 3.86. The fraction of sp³-hybridized carbons (Fsp3) is 0.714. The summed E-state index contributed by atoms with van der Waals surface area (Å²) < 4.78 is 10.8. The molecule has 5 nitrogen and oxygen atoms in total. The van der Waals surface area contributed by atoms with E-state index in [0.29, 0.717) is 30.4 Å². The molecule has 1 N–H and O–H groups in total. The lowest BCUT2D eigenvalue weighted by Gasteiger charge is -2.18. The van der Waals surface area contributed by atoms with Gasteiger partial charge in [0.05, 0.1) is 18.8 Å². The maximum atomic E-state index is 11.8. The van der Waals surface area contributed by atoms with Gasteiger partial charge in [-0.25, -0.2) is 9.78 Å². The Hall–Kier alpha value is -1.14. The Bertz CT molecular complexity index is 499. The Kier molecular flexibility index (Phi) is 3.94. The largest absolute Gasteiger partial charge is 0.461 e. The van der Waals surface area contributed by atoms with E-state index in [0.717, 1.165) is 23.0 Å². The van der Waals surface area contributed by atoms with Gasteiger partial charge in [0.15, 0.2) is 10.8 Å². The lowest BCUT2D eigenvalue weighted by atomic mass is 10.1. The molecule has 20 heavy (non-hydrogen) atoms. The van der Waals surface area contributed by atoms with Crippen LogP contribution in [0.4, 0.5) is 5.13 Å². The van der Waals surface area contributed by atoms with Gasteiger partial charge >= 0.3 is 5.97 Å². The van der Waals surface area contributed by atoms with Crippen LogP contribution in [0.1, 0.15) is 41.6 Å². The average molecular weight is 296 g/mol. The molecule has 0 bridgehead atoms. The van der Waals surface area contributed by atoms with Gasteiger partial charge < -0.3 is 14.8 Å². The maximum absolute atomic E-state index is 11.8. The van der Waals surface area contributed by atoms with Gasteiger partial charge in [-0.15, -0.1) is 11.3 Å². The van der Waals surface area contributed by atoms with Gasteiger partial charge in [0.25, 0.3) is 0 Å². The number of aromatic nitrogens is 1. The molecule has 2 fully saturated rings. The molecule has 1 saturated heterocycles. The van der Waals surface area contributed by atoms with Crippen molar-refractivity contribution in [2.75, 3.05) is 18.5 Å². The van der Waals surface area contributed by atoms with Crippen LogP contribution in [0.5, 0.6) is 0 Å². The standard InChI is InChI=1S/C14H20N2O3S/c1-3-18-13(17)11-8(2)20-14(16-11)15-10-6-7-19-12(10)9-4-5-9/h9-10,12H,3-7H2,1-2H3,(H,15,16). The topological polar surface area (TPSA) is 60.5 Å². The van der Waals surface area contributed by atoms with Crippen molar-refractivity contribution in [1.82, 2.24) is 4.98 Å². The molecule has 1 aromatic heterocycles. The van der Waals surface area contributed by atoms with E-state index in [1.807, 2.05) is 6.92 Å². The Morgan fingerprint density at radius 1 is 1.50 bits per heavy atom. The van der Waals surface area contributed by atoms with Gasteiger partial charge in [-0.2, -0.15) is 0 Å². The van der Waals surface area contributed by atoms with Crippen LogP contribution in [0, 0.1) is 12.8 Å². The Morgan fingerprint density at radius 2 is 2.30 bits per heavy atom. The first kappa shape index (κ1) is 13.8. The highest BCUT2D eigenvalue weighted by Crippen LogP contribution is 2.40. The van der Waals surface area contributed by atoms with E-state index in [-0.39, 0.29) is 5.97 Å². The Morgan fingerprint density at radius 3 is 3.00 bits per heavy atom. The molecule has 1 aliphatic heterocycles. The lowest BCUT2D eigenvalue weighted by molar-refractivity contribution is 0.0519. The lowest BCUT2D eigenvalue weighted by Crippen LogP contribution is -2.30. The average Bonchev–Trinajstić information content (AvgIpc) is 3.05. The SMILES string of the molecule is CCOC(=O)c1nc(NC2CCOC2C2CC2)sc1C. The van der Waals surface area contributed by atoms with Crippen LogP contribution in [-0.2, 0) is 9.47 Å². The van der Waals surface area contributed by atoms with Crippen LogP contribution in [0.3, 0.4) is 0 Å². The summed E-state index contributed by atoms with van der Waals surface area (Å²) in [5.41, 5.74) is 0.432. The second-order valence-electron chi connectivity index (χ2n) is 5.36. The van der Waals surface area contributed by atoms with Crippen LogP contribution >= 0.6 is 11.3 Å².